The van der Waals surface area contributed by atoms with E-state index in [9.17, 15) is 0 Å². The molecule has 0 N–H and O–H groups in total. The number of hydrogen-bond donors (Lipinski definition) is 0. The molecule has 0 aromatic rings. The smallest absolute Gasteiger partial charge is 0.0109 e. The van der Waals surface area contributed by atoms with Crippen molar-refractivity contribution in [2.45, 2.75) is 40.0 Å². The van der Waals surface area contributed by atoms with Crippen molar-refractivity contribution < 1.29 is 0 Å². The molecule has 0 amide bonds. The van der Waals surface area contributed by atoms with Crippen LogP contribution in [0.1, 0.15) is 40.0 Å². The van der Waals surface area contributed by atoms with Gasteiger partial charge in [0, 0.05) is 13.1 Å². The van der Waals surface area contributed by atoms with Gasteiger partial charge in [0.2, 0.25) is 0 Å². The standard InChI is InChI=1S/C10H22N2.C2H6/c1-3-12-8-6-4-5-7-11(2)9-10-12;1-2/h3-10H2,1-2H3;1-2H3. The molecule has 86 valence electrons. The zero-order chi connectivity index (χ0) is 10.8. The van der Waals surface area contributed by atoms with Gasteiger partial charge >= 0.3 is 0 Å². The Morgan fingerprint density at radius 2 is 1.50 bits per heavy atom. The normalized spacial score (nSPS) is 21.4. The molecule has 1 heterocycles. The van der Waals surface area contributed by atoms with Crippen molar-refractivity contribution in [1.29, 1.82) is 0 Å². The Morgan fingerprint density at radius 3 is 2.14 bits per heavy atom. The minimum absolute atomic E-state index is 1.22. The molecule has 0 atom stereocenters. The summed E-state index contributed by atoms with van der Waals surface area (Å²) < 4.78 is 0. The quantitative estimate of drug-likeness (QED) is 0.641. The second kappa shape index (κ2) is 9.47. The van der Waals surface area contributed by atoms with Crippen LogP contribution in [0.3, 0.4) is 0 Å². The summed E-state index contributed by atoms with van der Waals surface area (Å²) in [6.07, 6.45) is 4.18. The lowest BCUT2D eigenvalue weighted by molar-refractivity contribution is 0.246. The largest absolute Gasteiger partial charge is 0.305 e. The van der Waals surface area contributed by atoms with Crippen LogP contribution in [0.2, 0.25) is 0 Å². The van der Waals surface area contributed by atoms with E-state index in [1.165, 1.54) is 52.0 Å². The van der Waals surface area contributed by atoms with Gasteiger partial charge < -0.3 is 9.80 Å². The highest BCUT2D eigenvalue weighted by atomic mass is 15.2. The van der Waals surface area contributed by atoms with E-state index in [2.05, 4.69) is 23.8 Å². The number of nitrogens with zero attached hydrogens (tertiary/aromatic N) is 2. The fraction of sp³-hybridized carbons (Fsp3) is 1.00. The van der Waals surface area contributed by atoms with Gasteiger partial charge in [0.15, 0.2) is 0 Å². The third-order valence-corrected chi connectivity index (χ3v) is 2.76. The fourth-order valence-electron chi connectivity index (χ4n) is 1.75. The van der Waals surface area contributed by atoms with Crippen molar-refractivity contribution in [1.82, 2.24) is 9.80 Å². The summed E-state index contributed by atoms with van der Waals surface area (Å²) in [7, 11) is 2.24. The molecule has 14 heavy (non-hydrogen) atoms. The lowest BCUT2D eigenvalue weighted by Gasteiger charge is -2.21. The van der Waals surface area contributed by atoms with Gasteiger partial charge in [-0.3, -0.25) is 0 Å². The van der Waals surface area contributed by atoms with E-state index in [0.717, 1.165) is 0 Å². The minimum atomic E-state index is 1.22. The molecule has 2 heteroatoms. The van der Waals surface area contributed by atoms with Gasteiger partial charge in [0.1, 0.15) is 0 Å². The predicted molar refractivity (Wildman–Crippen MR) is 64.8 cm³/mol. The van der Waals surface area contributed by atoms with Gasteiger partial charge in [0.25, 0.3) is 0 Å². The Labute approximate surface area is 90.3 Å². The summed E-state index contributed by atoms with van der Waals surface area (Å²) in [5, 5.41) is 0. The first-order valence-electron chi connectivity index (χ1n) is 6.24. The van der Waals surface area contributed by atoms with Gasteiger partial charge in [-0.2, -0.15) is 0 Å². The molecule has 0 spiro atoms. The first-order valence-corrected chi connectivity index (χ1v) is 6.24. The highest BCUT2D eigenvalue weighted by molar-refractivity contribution is 4.63. The molecule has 0 radical (unpaired) electrons. The van der Waals surface area contributed by atoms with Crippen molar-refractivity contribution in [2.24, 2.45) is 0 Å². The van der Waals surface area contributed by atoms with E-state index < -0.39 is 0 Å². The monoisotopic (exact) mass is 200 g/mol. The van der Waals surface area contributed by atoms with Crippen molar-refractivity contribution in [3.05, 3.63) is 0 Å². The van der Waals surface area contributed by atoms with Crippen LogP contribution in [0, 0.1) is 0 Å². The van der Waals surface area contributed by atoms with E-state index in [1.807, 2.05) is 13.8 Å². The van der Waals surface area contributed by atoms with Gasteiger partial charge in [-0.05, 0) is 39.5 Å². The molecule has 0 aliphatic carbocycles. The average Bonchev–Trinajstić information content (AvgIpc) is 2.33. The molecular weight excluding hydrogens is 172 g/mol. The maximum absolute atomic E-state index is 2.56. The maximum atomic E-state index is 2.56. The zero-order valence-corrected chi connectivity index (χ0v) is 10.6. The van der Waals surface area contributed by atoms with Gasteiger partial charge in [0.05, 0.1) is 0 Å². The van der Waals surface area contributed by atoms with E-state index in [1.54, 1.807) is 0 Å². The predicted octanol–water partition coefficient (Wildman–Crippen LogP) is 2.45. The van der Waals surface area contributed by atoms with Crippen molar-refractivity contribution >= 4 is 0 Å². The van der Waals surface area contributed by atoms with E-state index in [4.69, 9.17) is 0 Å². The highest BCUT2D eigenvalue weighted by Crippen LogP contribution is 2.03. The summed E-state index contributed by atoms with van der Waals surface area (Å²) in [6.45, 7) is 12.6. The molecule has 0 aromatic heterocycles. The van der Waals surface area contributed by atoms with Crippen LogP contribution in [0.5, 0.6) is 0 Å². The lowest BCUT2D eigenvalue weighted by atomic mass is 10.2. The zero-order valence-electron chi connectivity index (χ0n) is 10.6. The molecule has 1 aliphatic heterocycles. The Balaban J connectivity index is 0.000000791. The molecule has 0 saturated carbocycles. The second-order valence-electron chi connectivity index (χ2n) is 3.80. The Bertz CT molecular complexity index is 115. The lowest BCUT2D eigenvalue weighted by Crippen LogP contribution is -2.32. The van der Waals surface area contributed by atoms with E-state index in [0.29, 0.717) is 0 Å². The van der Waals surface area contributed by atoms with Crippen molar-refractivity contribution in [2.75, 3.05) is 39.8 Å². The van der Waals surface area contributed by atoms with Crippen LogP contribution in [-0.4, -0.2) is 49.6 Å². The average molecular weight is 200 g/mol. The van der Waals surface area contributed by atoms with Crippen LogP contribution in [0.25, 0.3) is 0 Å². The third kappa shape index (κ3) is 6.39. The fourth-order valence-corrected chi connectivity index (χ4v) is 1.75. The summed E-state index contributed by atoms with van der Waals surface area (Å²) in [4.78, 5) is 5.01. The molecule has 0 bridgehead atoms. The first kappa shape index (κ1) is 13.9. The van der Waals surface area contributed by atoms with Crippen molar-refractivity contribution in [3.63, 3.8) is 0 Å². The number of hydrogen-bond acceptors (Lipinski definition) is 2. The van der Waals surface area contributed by atoms with Crippen molar-refractivity contribution in [3.8, 4) is 0 Å². The Hall–Kier alpha value is -0.0800. The van der Waals surface area contributed by atoms with Crippen LogP contribution in [0.4, 0.5) is 0 Å². The second-order valence-corrected chi connectivity index (χ2v) is 3.80. The molecular formula is C12H28N2. The molecule has 1 saturated heterocycles. The Kier molecular flexibility index (Phi) is 9.42. The molecule has 2 nitrogen and oxygen atoms in total. The van der Waals surface area contributed by atoms with Gasteiger partial charge in [-0.1, -0.05) is 27.2 Å². The van der Waals surface area contributed by atoms with Crippen LogP contribution in [0.15, 0.2) is 0 Å². The van der Waals surface area contributed by atoms with Gasteiger partial charge in [-0.15, -0.1) is 0 Å². The first-order chi connectivity index (χ1) is 6.83. The van der Waals surface area contributed by atoms with Crippen LogP contribution < -0.4 is 0 Å². The summed E-state index contributed by atoms with van der Waals surface area (Å²) >= 11 is 0. The minimum Gasteiger partial charge on any atom is -0.305 e. The SMILES string of the molecule is CC.CCN1CCCCCN(C)CC1. The molecule has 0 unspecified atom stereocenters. The third-order valence-electron chi connectivity index (χ3n) is 2.76. The maximum Gasteiger partial charge on any atom is 0.0109 e. The number of likely N-dealkylation sites (N-methyl/N-ethyl adjacent to an activating group) is 2. The summed E-state index contributed by atoms with van der Waals surface area (Å²) in [5.41, 5.74) is 0. The molecule has 1 aliphatic rings. The van der Waals surface area contributed by atoms with E-state index >= 15 is 0 Å². The molecule has 1 fully saturated rings. The highest BCUT2D eigenvalue weighted by Gasteiger charge is 2.06. The van der Waals surface area contributed by atoms with Gasteiger partial charge in [-0.25, -0.2) is 0 Å². The van der Waals surface area contributed by atoms with Crippen LogP contribution in [-0.2, 0) is 0 Å². The van der Waals surface area contributed by atoms with Crippen LogP contribution >= 0.6 is 0 Å². The molecule has 1 rings (SSSR count). The topological polar surface area (TPSA) is 6.48 Å². The Morgan fingerprint density at radius 1 is 0.857 bits per heavy atom. The van der Waals surface area contributed by atoms with E-state index in [-0.39, 0.29) is 0 Å². The number of rotatable bonds is 1. The molecule has 0 aromatic carbocycles. The summed E-state index contributed by atoms with van der Waals surface area (Å²) in [5.74, 6) is 0. The summed E-state index contributed by atoms with van der Waals surface area (Å²) in [6, 6.07) is 0.